The van der Waals surface area contributed by atoms with Gasteiger partial charge in [-0.1, -0.05) is 26.0 Å². The van der Waals surface area contributed by atoms with Crippen LogP contribution in [0.15, 0.2) is 84.2 Å². The van der Waals surface area contributed by atoms with Crippen LogP contribution in [0.5, 0.6) is 0 Å². The number of allylic oxidation sites excluding steroid dienone is 3. The zero-order valence-corrected chi connectivity index (χ0v) is 21.1. The molecule has 0 spiro atoms. The summed E-state index contributed by atoms with van der Waals surface area (Å²) in [6, 6.07) is 6.79. The smallest absolute Gasteiger partial charge is 0.405 e. The van der Waals surface area contributed by atoms with Crippen molar-refractivity contribution in [3.05, 3.63) is 96.0 Å². The van der Waals surface area contributed by atoms with Crippen molar-refractivity contribution < 1.29 is 26.3 Å². The summed E-state index contributed by atoms with van der Waals surface area (Å²) in [6.45, 7) is 4.34. The van der Waals surface area contributed by atoms with Gasteiger partial charge in [-0.05, 0) is 42.1 Å². The topological polar surface area (TPSA) is 93.1 Å². The minimum atomic E-state index is -4.58. The molecule has 0 amide bonds. The zero-order chi connectivity index (χ0) is 28.6. The lowest BCUT2D eigenvalue weighted by molar-refractivity contribution is -0.141. The second-order valence-electron chi connectivity index (χ2n) is 8.08. The molecular weight excluding hydrogens is 524 g/mol. The molecule has 1 unspecified atom stereocenters. The third-order valence-electron chi connectivity index (χ3n) is 5.37. The van der Waals surface area contributed by atoms with Gasteiger partial charge in [0.05, 0.1) is 24.8 Å². The van der Waals surface area contributed by atoms with E-state index in [4.69, 9.17) is 5.73 Å². The second-order valence-corrected chi connectivity index (χ2v) is 8.08. The number of imidazole rings is 1. The number of hydrogen-bond donors (Lipinski definition) is 3. The molecule has 0 fully saturated rings. The molecule has 0 saturated carbocycles. The molecule has 2 aromatic heterocycles. The van der Waals surface area contributed by atoms with Gasteiger partial charge in [0.1, 0.15) is 17.7 Å². The Morgan fingerprint density at radius 2 is 1.90 bits per heavy atom. The molecule has 3 aromatic rings. The monoisotopic (exact) mass is 551 g/mol. The maximum absolute atomic E-state index is 13.5. The van der Waals surface area contributed by atoms with Crippen LogP contribution in [0.3, 0.4) is 0 Å². The molecule has 0 radical (unpaired) electrons. The van der Waals surface area contributed by atoms with Crippen molar-refractivity contribution in [3.63, 3.8) is 0 Å². The van der Waals surface area contributed by atoms with E-state index >= 15 is 0 Å². The molecule has 0 bridgehead atoms. The van der Waals surface area contributed by atoms with Crippen LogP contribution in [0.2, 0.25) is 0 Å². The van der Waals surface area contributed by atoms with Crippen molar-refractivity contribution in [2.45, 2.75) is 45.3 Å². The van der Waals surface area contributed by atoms with Gasteiger partial charge in [0.15, 0.2) is 0 Å². The molecule has 1 aliphatic rings. The van der Waals surface area contributed by atoms with E-state index < -0.39 is 36.2 Å². The van der Waals surface area contributed by atoms with Crippen molar-refractivity contribution in [2.75, 3.05) is 10.6 Å². The number of aliphatic imine (C=N–C) groups is 1. The van der Waals surface area contributed by atoms with Crippen LogP contribution >= 0.6 is 0 Å². The van der Waals surface area contributed by atoms with E-state index in [1.165, 1.54) is 12.1 Å². The molecule has 3 heterocycles. The summed E-state index contributed by atoms with van der Waals surface area (Å²) in [5.74, 6) is 0.324. The Morgan fingerprint density at radius 3 is 2.49 bits per heavy atom. The number of hydrogen-bond acceptors (Lipinski definition) is 6. The Hall–Kier alpha value is -4.29. The van der Waals surface area contributed by atoms with Crippen LogP contribution < -0.4 is 16.4 Å². The molecule has 0 aliphatic carbocycles. The number of nitrogens with two attached hydrogens (primary N) is 1. The van der Waals surface area contributed by atoms with Gasteiger partial charge in [-0.3, -0.25) is 0 Å². The Kier molecular flexibility index (Phi) is 9.38. The molecule has 1 aliphatic heterocycles. The number of nitrogens with zero attached hydrogens (tertiary/aromatic N) is 4. The SMILES string of the molecule is CC.N/C=C\C=C(/Cc1ccc2c(c1)NC(Cn1ccnc1)N=C2Nc1ccc(C(F)(F)F)nc1)C(F)(F)F. The Balaban J connectivity index is 0.00000205. The summed E-state index contributed by atoms with van der Waals surface area (Å²) in [6.07, 6.45) is -1.06. The van der Waals surface area contributed by atoms with Gasteiger partial charge in [0, 0.05) is 35.6 Å². The van der Waals surface area contributed by atoms with Crippen molar-refractivity contribution in [1.82, 2.24) is 14.5 Å². The lowest BCUT2D eigenvalue weighted by atomic mass is 9.99. The molecule has 4 N–H and O–H groups in total. The first-order chi connectivity index (χ1) is 18.5. The minimum Gasteiger partial charge on any atom is -0.405 e. The van der Waals surface area contributed by atoms with Crippen molar-refractivity contribution >= 4 is 17.2 Å². The molecule has 7 nitrogen and oxygen atoms in total. The highest BCUT2D eigenvalue weighted by Gasteiger charge is 2.34. The van der Waals surface area contributed by atoms with Gasteiger partial charge in [-0.15, -0.1) is 0 Å². The highest BCUT2D eigenvalue weighted by Crippen LogP contribution is 2.32. The number of amidine groups is 1. The molecule has 208 valence electrons. The van der Waals surface area contributed by atoms with Crippen LogP contribution in [0, 0.1) is 0 Å². The maximum Gasteiger partial charge on any atom is 0.433 e. The number of halogens is 6. The molecule has 4 rings (SSSR count). The summed E-state index contributed by atoms with van der Waals surface area (Å²) >= 11 is 0. The fraction of sp³-hybridized carbons (Fsp3) is 0.269. The van der Waals surface area contributed by atoms with Crippen molar-refractivity contribution in [2.24, 2.45) is 10.7 Å². The number of nitrogens with one attached hydrogen (secondary N) is 2. The molecule has 1 aromatic carbocycles. The highest BCUT2D eigenvalue weighted by atomic mass is 19.4. The first-order valence-electron chi connectivity index (χ1n) is 11.9. The predicted molar refractivity (Wildman–Crippen MR) is 138 cm³/mol. The normalized spacial score (nSPS) is 15.6. The summed E-state index contributed by atoms with van der Waals surface area (Å²) in [5.41, 5.74) is 5.08. The highest BCUT2D eigenvalue weighted by molar-refractivity contribution is 6.12. The van der Waals surface area contributed by atoms with E-state index in [0.717, 1.165) is 30.6 Å². The van der Waals surface area contributed by atoms with Crippen LogP contribution in [-0.4, -0.2) is 32.7 Å². The molecule has 13 heteroatoms. The lowest BCUT2D eigenvalue weighted by Crippen LogP contribution is -2.32. The van der Waals surface area contributed by atoms with Gasteiger partial charge in [-0.25, -0.2) is 15.0 Å². The van der Waals surface area contributed by atoms with E-state index in [0.29, 0.717) is 29.2 Å². The fourth-order valence-corrected chi connectivity index (χ4v) is 3.66. The fourth-order valence-electron chi connectivity index (χ4n) is 3.66. The first-order valence-corrected chi connectivity index (χ1v) is 11.9. The average Bonchev–Trinajstić information content (AvgIpc) is 3.40. The average molecular weight is 552 g/mol. The predicted octanol–water partition coefficient (Wildman–Crippen LogP) is 6.14. The van der Waals surface area contributed by atoms with Crippen LogP contribution in [0.1, 0.15) is 30.7 Å². The third kappa shape index (κ3) is 7.85. The molecule has 0 saturated heterocycles. The van der Waals surface area contributed by atoms with Gasteiger partial charge in [0.2, 0.25) is 0 Å². The molecular formula is C26H27F6N7. The van der Waals surface area contributed by atoms with E-state index in [9.17, 15) is 26.3 Å². The van der Waals surface area contributed by atoms with Gasteiger partial charge in [0.25, 0.3) is 0 Å². The number of anilines is 2. The minimum absolute atomic E-state index is 0.265. The number of alkyl halides is 6. The number of benzene rings is 1. The maximum atomic E-state index is 13.5. The van der Waals surface area contributed by atoms with Gasteiger partial charge >= 0.3 is 12.4 Å². The van der Waals surface area contributed by atoms with Crippen molar-refractivity contribution in [3.8, 4) is 0 Å². The van der Waals surface area contributed by atoms with Gasteiger partial charge < -0.3 is 20.9 Å². The third-order valence-corrected chi connectivity index (χ3v) is 5.37. The van der Waals surface area contributed by atoms with E-state index in [1.54, 1.807) is 35.4 Å². The number of pyridine rings is 1. The summed E-state index contributed by atoms with van der Waals surface area (Å²) < 4.78 is 80.8. The first kappa shape index (κ1) is 29.3. The van der Waals surface area contributed by atoms with Gasteiger partial charge in [-0.2, -0.15) is 26.3 Å². The quantitative estimate of drug-likeness (QED) is 0.253. The Bertz CT molecular complexity index is 1310. The lowest BCUT2D eigenvalue weighted by Gasteiger charge is -2.27. The van der Waals surface area contributed by atoms with E-state index in [2.05, 4.69) is 25.6 Å². The van der Waals surface area contributed by atoms with Crippen LogP contribution in [0.4, 0.5) is 37.7 Å². The van der Waals surface area contributed by atoms with Crippen LogP contribution in [-0.2, 0) is 19.1 Å². The summed E-state index contributed by atoms with van der Waals surface area (Å²) in [5, 5.41) is 6.18. The largest absolute Gasteiger partial charge is 0.433 e. The number of fused-ring (bicyclic) bond motifs is 1. The number of rotatable bonds is 6. The Morgan fingerprint density at radius 1 is 1.13 bits per heavy atom. The number of aromatic nitrogens is 3. The van der Waals surface area contributed by atoms with E-state index in [1.807, 2.05) is 13.8 Å². The second kappa shape index (κ2) is 12.5. The van der Waals surface area contributed by atoms with Crippen molar-refractivity contribution in [1.29, 1.82) is 0 Å². The molecule has 39 heavy (non-hydrogen) atoms. The summed E-state index contributed by atoms with van der Waals surface area (Å²) in [7, 11) is 0. The zero-order valence-electron chi connectivity index (χ0n) is 21.1. The van der Waals surface area contributed by atoms with Crippen LogP contribution in [0.25, 0.3) is 0 Å². The Labute approximate surface area is 221 Å². The van der Waals surface area contributed by atoms with E-state index in [-0.39, 0.29) is 5.69 Å². The standard InChI is InChI=1S/C24H21F6N7.C2H6/c25-23(26,27)16(2-1-7-31)10-15-3-5-18-19(11-15)35-21(13-37-9-8-32-14-37)36-22(18)34-17-4-6-20(33-12-17)24(28,29)30;1-2/h1-9,11-12,14,21,35H,10,13,31H2,(H,34,36);1-2H3/b7-1-,16-2+;. The molecule has 1 atom stereocenters. The summed E-state index contributed by atoms with van der Waals surface area (Å²) in [4.78, 5) is 12.0.